The van der Waals surface area contributed by atoms with Crippen molar-refractivity contribution in [2.45, 2.75) is 14.4 Å². The number of hydrogen-bond donors (Lipinski definition) is 0. The molecule has 0 N–H and O–H groups in total. The number of carbonyl (C=O) groups is 1. The van der Waals surface area contributed by atoms with Crippen molar-refractivity contribution < 1.29 is 8.58 Å². The monoisotopic (exact) mass is 140 g/mol. The molecule has 0 aromatic carbocycles. The van der Waals surface area contributed by atoms with E-state index in [0.29, 0.717) is 16.6 Å². The summed E-state index contributed by atoms with van der Waals surface area (Å²) in [4.78, 5) is 9.62. The molecule has 0 rings (SSSR count). The summed E-state index contributed by atoms with van der Waals surface area (Å²) in [6, 6.07) is 0. The lowest BCUT2D eigenvalue weighted by molar-refractivity contribution is -0.131. The Morgan fingerprint density at radius 2 is 1.86 bits per heavy atom. The summed E-state index contributed by atoms with van der Waals surface area (Å²) in [5.74, 6) is -0.184. The highest BCUT2D eigenvalue weighted by Crippen LogP contribution is 1.58. The van der Waals surface area contributed by atoms with Gasteiger partial charge in [-0.3, -0.25) is 4.79 Å². The largest absolute Gasteiger partial charge is 0.622 e. The van der Waals surface area contributed by atoms with Gasteiger partial charge in [0.05, 0.1) is 0 Å². The molecule has 44 valence electrons. The van der Waals surface area contributed by atoms with Gasteiger partial charge in [-0.15, -0.1) is 12.4 Å². The first-order valence-electron chi connectivity index (χ1n) is 1.32. The normalized spacial score (nSPS) is 4.71. The van der Waals surface area contributed by atoms with Crippen LogP contribution in [0.5, 0.6) is 0 Å². The van der Waals surface area contributed by atoms with Gasteiger partial charge in [0.2, 0.25) is 0 Å². The molecule has 0 aromatic heterocycles. The maximum Gasteiger partial charge on any atom is 0.499 e. The molecule has 0 radical (unpaired) electrons. The number of hydrogen-bond acceptors (Lipinski definition) is 2. The number of halogens is 1. The van der Waals surface area contributed by atoms with E-state index in [-0.39, 0.29) is 25.8 Å². The van der Waals surface area contributed by atoms with Crippen LogP contribution in [0.3, 0.4) is 0 Å². The minimum absolute atomic E-state index is 0. The highest BCUT2D eigenvalue weighted by atomic mass is 35.5. The molecule has 0 aliphatic rings. The third-order valence-electron chi connectivity index (χ3n) is 0.287. The quantitative estimate of drug-likeness (QED) is 0.448. The maximum atomic E-state index is 9.62. The lowest BCUT2D eigenvalue weighted by Crippen LogP contribution is -1.90. The summed E-state index contributed by atoms with van der Waals surface area (Å²) in [7, 11) is 0. The second-order valence-corrected chi connectivity index (χ2v) is 1.10. The van der Waals surface area contributed by atoms with Crippen molar-refractivity contribution in [3.05, 3.63) is 0 Å². The molecule has 0 spiro atoms. The molecule has 0 amide bonds. The van der Waals surface area contributed by atoms with E-state index in [4.69, 9.17) is 0 Å². The van der Waals surface area contributed by atoms with E-state index in [1.807, 2.05) is 0 Å². The van der Waals surface area contributed by atoms with Gasteiger partial charge in [-0.05, 0) is 0 Å². The Hall–Kier alpha value is 0.292. The molecule has 4 heteroatoms. The van der Waals surface area contributed by atoms with Crippen LogP contribution in [0, 0.1) is 0 Å². The highest BCUT2D eigenvalue weighted by Gasteiger charge is 1.74. The van der Waals surface area contributed by atoms with E-state index in [1.165, 1.54) is 6.92 Å². The van der Waals surface area contributed by atoms with Crippen LogP contribution in [0.4, 0.5) is 0 Å². The fourth-order valence-corrected chi connectivity index (χ4v) is 0. The Morgan fingerprint density at radius 1 is 1.71 bits per heavy atom. The van der Waals surface area contributed by atoms with Gasteiger partial charge in [-0.1, -0.05) is 7.43 Å². The highest BCUT2D eigenvalue weighted by molar-refractivity contribution is 6.04. The first kappa shape index (κ1) is 15.7. The summed E-state index contributed by atoms with van der Waals surface area (Å²) < 4.78 is 4.25. The molecule has 0 aromatic rings. The predicted octanol–water partition coefficient (Wildman–Crippen LogP) is 0.155. The molecule has 0 atom stereocenters. The predicted molar refractivity (Wildman–Crippen MR) is 34.3 cm³/mol. The SMILES string of the molecule is C.CC(=O)[O][AlH2].Cl. The zero-order valence-corrected chi connectivity index (χ0v) is 6.54. The van der Waals surface area contributed by atoms with Crippen LogP contribution >= 0.6 is 12.4 Å². The van der Waals surface area contributed by atoms with Crippen LogP contribution in [0.15, 0.2) is 0 Å². The van der Waals surface area contributed by atoms with Crippen molar-refractivity contribution in [2.24, 2.45) is 0 Å². The van der Waals surface area contributed by atoms with Gasteiger partial charge in [0.25, 0.3) is 5.97 Å². The minimum atomic E-state index is -0.184. The molecule has 0 aliphatic carbocycles. The first-order valence-corrected chi connectivity index (χ1v) is 2.13. The second kappa shape index (κ2) is 9.57. The van der Waals surface area contributed by atoms with Crippen LogP contribution in [0.1, 0.15) is 14.4 Å². The molecule has 7 heavy (non-hydrogen) atoms. The standard InChI is InChI=1S/C2H4O2.CH4.Al.ClH.2H/c1-2(3)4;;;;;/h1H3,(H,3,4);1H4;;1H;;/q;;+1;;;/p-1. The number of rotatable bonds is 0. The maximum absolute atomic E-state index is 9.62. The summed E-state index contributed by atoms with van der Waals surface area (Å²) in [5, 5.41) is 0. The Labute approximate surface area is 58.4 Å². The van der Waals surface area contributed by atoms with Gasteiger partial charge in [0, 0.05) is 6.92 Å². The summed E-state index contributed by atoms with van der Waals surface area (Å²) in [6.45, 7) is 1.40. The van der Waals surface area contributed by atoms with Crippen molar-refractivity contribution in [1.29, 1.82) is 0 Å². The van der Waals surface area contributed by atoms with Gasteiger partial charge < -0.3 is 3.79 Å². The summed E-state index contributed by atoms with van der Waals surface area (Å²) in [6.07, 6.45) is 0. The van der Waals surface area contributed by atoms with E-state index in [2.05, 4.69) is 3.79 Å². The molecule has 0 unspecified atom stereocenters. The number of carbonyl (C=O) groups excluding carboxylic acids is 1. The Kier molecular flexibility index (Phi) is 21.4. The van der Waals surface area contributed by atoms with E-state index in [1.54, 1.807) is 0 Å². The van der Waals surface area contributed by atoms with Crippen molar-refractivity contribution in [3.8, 4) is 0 Å². The average Bonchev–Trinajstić information content (AvgIpc) is 1.38. The molecule has 0 bridgehead atoms. The van der Waals surface area contributed by atoms with Crippen LogP contribution in [0.2, 0.25) is 0 Å². The molecule has 0 aliphatic heterocycles. The minimum Gasteiger partial charge on any atom is -0.622 e. The topological polar surface area (TPSA) is 26.3 Å². The van der Waals surface area contributed by atoms with Gasteiger partial charge in [-0.25, -0.2) is 0 Å². The third-order valence-corrected chi connectivity index (χ3v) is 0.862. The van der Waals surface area contributed by atoms with Crippen molar-refractivity contribution in [2.75, 3.05) is 0 Å². The molecule has 0 saturated heterocycles. The van der Waals surface area contributed by atoms with Gasteiger partial charge in [-0.2, -0.15) is 0 Å². The zero-order chi connectivity index (χ0) is 4.28. The smallest absolute Gasteiger partial charge is 0.499 e. The molecule has 0 saturated carbocycles. The van der Waals surface area contributed by atoms with Crippen LogP contribution in [-0.4, -0.2) is 22.6 Å². The van der Waals surface area contributed by atoms with E-state index in [9.17, 15) is 4.79 Å². The van der Waals surface area contributed by atoms with Gasteiger partial charge >= 0.3 is 16.6 Å². The van der Waals surface area contributed by atoms with E-state index >= 15 is 0 Å². The lowest BCUT2D eigenvalue weighted by atomic mass is 10.9. The van der Waals surface area contributed by atoms with Crippen LogP contribution in [-0.2, 0) is 8.58 Å². The second-order valence-electron chi connectivity index (χ2n) is 0.696. The fourth-order valence-electron chi connectivity index (χ4n) is 0. The Balaban J connectivity index is -0.0000000800. The third kappa shape index (κ3) is 22.1. The molecule has 2 nitrogen and oxygen atoms in total. The van der Waals surface area contributed by atoms with Gasteiger partial charge in [0.1, 0.15) is 0 Å². The van der Waals surface area contributed by atoms with Crippen molar-refractivity contribution in [3.63, 3.8) is 0 Å². The molecular formula is C3H10AlClO2. The van der Waals surface area contributed by atoms with E-state index in [0.717, 1.165) is 0 Å². The molecular weight excluding hydrogens is 130 g/mol. The van der Waals surface area contributed by atoms with Crippen LogP contribution < -0.4 is 0 Å². The fraction of sp³-hybridized carbons (Fsp3) is 0.667. The molecule has 0 fully saturated rings. The van der Waals surface area contributed by atoms with Crippen molar-refractivity contribution in [1.82, 2.24) is 0 Å². The van der Waals surface area contributed by atoms with Gasteiger partial charge in [0.15, 0.2) is 0 Å². The summed E-state index contributed by atoms with van der Waals surface area (Å²) in [5.41, 5.74) is 0. The average molecular weight is 141 g/mol. The molecule has 0 heterocycles. The Bertz CT molecular complexity index is 48.2. The van der Waals surface area contributed by atoms with E-state index < -0.39 is 0 Å². The summed E-state index contributed by atoms with van der Waals surface area (Å²) >= 11 is 0.524. The van der Waals surface area contributed by atoms with Crippen molar-refractivity contribution >= 4 is 35.0 Å². The zero-order valence-electron chi connectivity index (χ0n) is 3.72. The lowest BCUT2D eigenvalue weighted by Gasteiger charge is -1.84. The Morgan fingerprint density at radius 3 is 1.86 bits per heavy atom. The van der Waals surface area contributed by atoms with Crippen LogP contribution in [0.25, 0.3) is 0 Å². The first-order chi connectivity index (χ1) is 2.27.